The lowest BCUT2D eigenvalue weighted by molar-refractivity contribution is 0.466. The van der Waals surface area contributed by atoms with E-state index in [1.165, 1.54) is 12.8 Å². The minimum Gasteiger partial charge on any atom is -0.458 e. The zero-order chi connectivity index (χ0) is 13.7. The van der Waals surface area contributed by atoms with E-state index in [9.17, 15) is 0 Å². The van der Waals surface area contributed by atoms with E-state index < -0.39 is 0 Å². The predicted octanol–water partition coefficient (Wildman–Crippen LogP) is 5.99. The van der Waals surface area contributed by atoms with E-state index in [0.29, 0.717) is 0 Å². The molecule has 0 unspecified atom stereocenters. The maximum Gasteiger partial charge on any atom is 0.183 e. The van der Waals surface area contributed by atoms with E-state index in [0.717, 1.165) is 53.2 Å². The number of aryl methyl sites for hydroxylation is 2. The molecule has 0 aromatic carbocycles. The van der Waals surface area contributed by atoms with Gasteiger partial charge in [-0.15, -0.1) is 0 Å². The van der Waals surface area contributed by atoms with Crippen LogP contribution in [-0.2, 0) is 12.8 Å². The fraction of sp³-hybridized carbons (Fsp3) is 0.500. The summed E-state index contributed by atoms with van der Waals surface area (Å²) in [6.45, 7) is 4.37. The predicted molar refractivity (Wildman–Crippen MR) is 81.3 cm³/mol. The van der Waals surface area contributed by atoms with Crippen molar-refractivity contribution in [2.75, 3.05) is 0 Å². The van der Waals surface area contributed by atoms with Crippen molar-refractivity contribution in [2.45, 2.75) is 52.4 Å². The molecule has 19 heavy (non-hydrogen) atoms. The van der Waals surface area contributed by atoms with E-state index >= 15 is 0 Å². The second-order valence-electron chi connectivity index (χ2n) is 4.86. The molecule has 0 aliphatic heterocycles. The monoisotopic (exact) mass is 324 g/mol. The molecule has 0 amide bonds. The molecule has 0 N–H and O–H groups in total. The minimum absolute atomic E-state index is 0.814. The molecule has 2 heterocycles. The third-order valence-electron chi connectivity index (χ3n) is 3.18. The van der Waals surface area contributed by atoms with Gasteiger partial charge in [-0.3, -0.25) is 0 Å². The molecule has 0 saturated carbocycles. The summed E-state index contributed by atoms with van der Waals surface area (Å²) in [7, 11) is 0. The van der Waals surface area contributed by atoms with Gasteiger partial charge in [0.25, 0.3) is 0 Å². The molecule has 0 spiro atoms. The Labute approximate surface area is 123 Å². The topological polar surface area (TPSA) is 26.3 Å². The van der Waals surface area contributed by atoms with Crippen molar-refractivity contribution in [1.82, 2.24) is 0 Å². The van der Waals surface area contributed by atoms with Crippen LogP contribution in [0.25, 0.3) is 11.5 Å². The molecule has 2 nitrogen and oxygen atoms in total. The Morgan fingerprint density at radius 3 is 2.32 bits per heavy atom. The summed E-state index contributed by atoms with van der Waals surface area (Å²) in [6.07, 6.45) is 6.65. The Bertz CT molecular complexity index is 511. The quantitative estimate of drug-likeness (QED) is 0.625. The third-order valence-corrected chi connectivity index (χ3v) is 3.77. The number of unbranched alkanes of at least 4 members (excludes halogenated alkanes) is 2. The summed E-state index contributed by atoms with van der Waals surface area (Å²) < 4.78 is 12.7. The van der Waals surface area contributed by atoms with Gasteiger partial charge in [0.1, 0.15) is 11.5 Å². The SMILES string of the molecule is CCCCc1ccc(-c2oc(CCCC)cc2Br)o1. The van der Waals surface area contributed by atoms with Gasteiger partial charge in [-0.2, -0.15) is 0 Å². The van der Waals surface area contributed by atoms with Crippen LogP contribution in [0.3, 0.4) is 0 Å². The molecule has 104 valence electrons. The molecule has 0 radical (unpaired) electrons. The standard InChI is InChI=1S/C16H21BrO2/c1-3-5-7-12-9-10-15(18-12)16-14(17)11-13(19-16)8-6-4-2/h9-11H,3-8H2,1-2H3. The number of furan rings is 2. The van der Waals surface area contributed by atoms with Crippen LogP contribution < -0.4 is 0 Å². The van der Waals surface area contributed by atoms with Crippen LogP contribution in [0.4, 0.5) is 0 Å². The van der Waals surface area contributed by atoms with Gasteiger partial charge < -0.3 is 8.83 Å². The minimum atomic E-state index is 0.814. The third kappa shape index (κ3) is 3.75. The zero-order valence-electron chi connectivity index (χ0n) is 11.7. The first-order valence-corrected chi connectivity index (χ1v) is 7.91. The first-order chi connectivity index (χ1) is 9.24. The van der Waals surface area contributed by atoms with E-state index in [2.05, 4.69) is 35.8 Å². The molecule has 0 aliphatic rings. The molecule has 3 heteroatoms. The van der Waals surface area contributed by atoms with Crippen molar-refractivity contribution in [1.29, 1.82) is 0 Å². The van der Waals surface area contributed by atoms with Crippen LogP contribution in [0.1, 0.15) is 51.1 Å². The molecule has 2 aromatic rings. The first-order valence-electron chi connectivity index (χ1n) is 7.11. The molecular formula is C16H21BrO2. The highest BCUT2D eigenvalue weighted by Crippen LogP contribution is 2.33. The van der Waals surface area contributed by atoms with Gasteiger partial charge >= 0.3 is 0 Å². The lowest BCUT2D eigenvalue weighted by Gasteiger charge is -1.96. The molecule has 0 saturated heterocycles. The summed E-state index contributed by atoms with van der Waals surface area (Å²) in [5.41, 5.74) is 0. The van der Waals surface area contributed by atoms with Gasteiger partial charge in [-0.05, 0) is 47.0 Å². The Kier molecular flexibility index (Phi) is 5.32. The first kappa shape index (κ1) is 14.4. The number of hydrogen-bond acceptors (Lipinski definition) is 2. The van der Waals surface area contributed by atoms with Crippen molar-refractivity contribution < 1.29 is 8.83 Å². The largest absolute Gasteiger partial charge is 0.458 e. The van der Waals surface area contributed by atoms with Crippen LogP contribution in [0.15, 0.2) is 31.5 Å². The van der Waals surface area contributed by atoms with Crippen LogP contribution in [-0.4, -0.2) is 0 Å². The Hall–Kier alpha value is -0.960. The van der Waals surface area contributed by atoms with Gasteiger partial charge in [-0.25, -0.2) is 0 Å². The van der Waals surface area contributed by atoms with E-state index in [4.69, 9.17) is 8.83 Å². The van der Waals surface area contributed by atoms with E-state index in [1.807, 2.05) is 12.1 Å². The molecule has 0 bridgehead atoms. The smallest absolute Gasteiger partial charge is 0.183 e. The van der Waals surface area contributed by atoms with Crippen molar-refractivity contribution in [3.8, 4) is 11.5 Å². The van der Waals surface area contributed by atoms with Gasteiger partial charge in [0.15, 0.2) is 11.5 Å². The molecule has 0 atom stereocenters. The molecule has 0 aliphatic carbocycles. The summed E-state index contributed by atoms with van der Waals surface area (Å²) in [5, 5.41) is 0. The van der Waals surface area contributed by atoms with Gasteiger partial charge in [0.2, 0.25) is 0 Å². The molecule has 0 fully saturated rings. The maximum absolute atomic E-state index is 5.88. The van der Waals surface area contributed by atoms with Crippen LogP contribution in [0, 0.1) is 0 Å². The highest BCUT2D eigenvalue weighted by atomic mass is 79.9. The zero-order valence-corrected chi connectivity index (χ0v) is 13.3. The molecule has 2 aromatic heterocycles. The summed E-state index contributed by atoms with van der Waals surface area (Å²) in [5.74, 6) is 3.69. The number of halogens is 1. The lowest BCUT2D eigenvalue weighted by Crippen LogP contribution is -1.79. The second kappa shape index (κ2) is 6.99. The van der Waals surface area contributed by atoms with Gasteiger partial charge in [0.05, 0.1) is 4.47 Å². The Morgan fingerprint density at radius 2 is 1.63 bits per heavy atom. The van der Waals surface area contributed by atoms with E-state index in [-0.39, 0.29) is 0 Å². The average Bonchev–Trinajstić information content (AvgIpc) is 3.00. The summed E-state index contributed by atoms with van der Waals surface area (Å²) in [4.78, 5) is 0. The Morgan fingerprint density at radius 1 is 0.947 bits per heavy atom. The van der Waals surface area contributed by atoms with Crippen molar-refractivity contribution in [3.05, 3.63) is 34.2 Å². The highest BCUT2D eigenvalue weighted by Gasteiger charge is 2.14. The molecular weight excluding hydrogens is 304 g/mol. The normalized spacial score (nSPS) is 11.1. The summed E-state index contributed by atoms with van der Waals surface area (Å²) in [6, 6.07) is 6.10. The Balaban J connectivity index is 2.12. The fourth-order valence-corrected chi connectivity index (χ4v) is 2.58. The second-order valence-corrected chi connectivity index (χ2v) is 5.72. The highest BCUT2D eigenvalue weighted by molar-refractivity contribution is 9.10. The summed E-state index contributed by atoms with van der Waals surface area (Å²) >= 11 is 3.55. The van der Waals surface area contributed by atoms with Crippen molar-refractivity contribution >= 4 is 15.9 Å². The van der Waals surface area contributed by atoms with E-state index in [1.54, 1.807) is 0 Å². The number of rotatable bonds is 7. The average molecular weight is 325 g/mol. The van der Waals surface area contributed by atoms with Gasteiger partial charge in [-0.1, -0.05) is 26.7 Å². The molecule has 2 rings (SSSR count). The maximum atomic E-state index is 5.88. The lowest BCUT2D eigenvalue weighted by atomic mass is 10.2. The van der Waals surface area contributed by atoms with Crippen LogP contribution in [0.5, 0.6) is 0 Å². The van der Waals surface area contributed by atoms with Crippen LogP contribution >= 0.6 is 15.9 Å². The number of hydrogen-bond donors (Lipinski definition) is 0. The van der Waals surface area contributed by atoms with Crippen LogP contribution in [0.2, 0.25) is 0 Å². The fourth-order valence-electron chi connectivity index (χ4n) is 2.04. The van der Waals surface area contributed by atoms with Crippen molar-refractivity contribution in [2.24, 2.45) is 0 Å². The van der Waals surface area contributed by atoms with Crippen molar-refractivity contribution in [3.63, 3.8) is 0 Å². The van der Waals surface area contributed by atoms with Gasteiger partial charge in [0, 0.05) is 12.8 Å².